The molecule has 2 heteroatoms. The van der Waals surface area contributed by atoms with E-state index in [0.29, 0.717) is 0 Å². The Morgan fingerprint density at radius 1 is 1.41 bits per heavy atom. The Morgan fingerprint density at radius 3 is 3.06 bits per heavy atom. The van der Waals surface area contributed by atoms with Crippen LogP contribution in [0.25, 0.3) is 10.9 Å². The lowest BCUT2D eigenvalue weighted by atomic mass is 10.1. The summed E-state index contributed by atoms with van der Waals surface area (Å²) in [6, 6.07) is 8.58. The van der Waals surface area contributed by atoms with E-state index in [1.165, 1.54) is 16.5 Å². The Kier molecular flexibility index (Phi) is 3.85. The summed E-state index contributed by atoms with van der Waals surface area (Å²) < 4.78 is 0. The molecule has 2 aromatic rings. The predicted octanol–water partition coefficient (Wildman–Crippen LogP) is 3.06. The molecule has 0 radical (unpaired) electrons. The summed E-state index contributed by atoms with van der Waals surface area (Å²) in [6.07, 6.45) is 9.60. The first-order chi connectivity index (χ1) is 8.35. The summed E-state index contributed by atoms with van der Waals surface area (Å²) in [5.74, 6) is 2.79. The second-order valence-corrected chi connectivity index (χ2v) is 4.25. The predicted molar refractivity (Wildman–Crippen MR) is 72.7 cm³/mol. The molecule has 1 aromatic heterocycles. The van der Waals surface area contributed by atoms with E-state index in [2.05, 4.69) is 47.4 Å². The van der Waals surface area contributed by atoms with E-state index in [9.17, 15) is 0 Å². The van der Waals surface area contributed by atoms with E-state index in [4.69, 9.17) is 6.42 Å². The molecule has 1 atom stereocenters. The van der Waals surface area contributed by atoms with Crippen molar-refractivity contribution >= 4 is 10.9 Å². The topological polar surface area (TPSA) is 27.8 Å². The van der Waals surface area contributed by atoms with Gasteiger partial charge in [-0.1, -0.05) is 37.5 Å². The monoisotopic (exact) mass is 226 g/mol. The summed E-state index contributed by atoms with van der Waals surface area (Å²) in [6.45, 7) is 2.96. The van der Waals surface area contributed by atoms with Gasteiger partial charge in [-0.3, -0.25) is 5.32 Å². The highest BCUT2D eigenvalue weighted by Crippen LogP contribution is 2.16. The van der Waals surface area contributed by atoms with E-state index in [1.54, 1.807) is 0 Å². The highest BCUT2D eigenvalue weighted by atomic mass is 14.9. The fourth-order valence-electron chi connectivity index (χ4n) is 2.06. The van der Waals surface area contributed by atoms with Crippen LogP contribution in [0.5, 0.6) is 0 Å². The fourth-order valence-corrected chi connectivity index (χ4v) is 2.06. The Balaban J connectivity index is 2.08. The molecular weight excluding hydrogens is 208 g/mol. The molecular formula is C15H18N2. The number of terminal acetylenes is 1. The maximum absolute atomic E-state index is 5.50. The van der Waals surface area contributed by atoms with Crippen molar-refractivity contribution in [2.24, 2.45) is 0 Å². The third-order valence-electron chi connectivity index (χ3n) is 2.99. The van der Waals surface area contributed by atoms with Crippen LogP contribution in [0.15, 0.2) is 30.5 Å². The first-order valence-corrected chi connectivity index (χ1v) is 6.09. The number of aromatic amines is 1. The zero-order valence-electron chi connectivity index (χ0n) is 10.2. The Morgan fingerprint density at radius 2 is 2.29 bits per heavy atom. The van der Waals surface area contributed by atoms with Gasteiger partial charge in [-0.2, -0.15) is 0 Å². The molecule has 1 heterocycles. The van der Waals surface area contributed by atoms with Crippen molar-refractivity contribution in [3.05, 3.63) is 36.0 Å². The lowest BCUT2D eigenvalue weighted by Gasteiger charge is -2.12. The SMILES string of the molecule is C#CC(CCC)NCc1cccc2cc[nH]c12. The Hall–Kier alpha value is -1.72. The number of nitrogens with one attached hydrogen (secondary N) is 2. The molecule has 2 rings (SSSR count). The molecule has 0 aliphatic heterocycles. The molecule has 2 N–H and O–H groups in total. The maximum atomic E-state index is 5.50. The van der Waals surface area contributed by atoms with Gasteiger partial charge in [-0.05, 0) is 23.4 Å². The van der Waals surface area contributed by atoms with E-state index in [0.717, 1.165) is 19.4 Å². The van der Waals surface area contributed by atoms with Crippen molar-refractivity contribution in [3.8, 4) is 12.3 Å². The zero-order valence-corrected chi connectivity index (χ0v) is 10.2. The molecule has 1 unspecified atom stereocenters. The molecule has 0 saturated carbocycles. The van der Waals surface area contributed by atoms with Gasteiger partial charge < -0.3 is 4.98 Å². The summed E-state index contributed by atoms with van der Waals surface area (Å²) >= 11 is 0. The summed E-state index contributed by atoms with van der Waals surface area (Å²) in [5, 5.41) is 4.66. The number of benzene rings is 1. The van der Waals surface area contributed by atoms with Gasteiger partial charge in [0.05, 0.1) is 6.04 Å². The minimum absolute atomic E-state index is 0.171. The van der Waals surface area contributed by atoms with Crippen LogP contribution in [0.2, 0.25) is 0 Å². The van der Waals surface area contributed by atoms with Crippen molar-refractivity contribution in [1.29, 1.82) is 0 Å². The molecule has 0 aliphatic rings. The second-order valence-electron chi connectivity index (χ2n) is 4.25. The molecule has 1 aromatic carbocycles. The van der Waals surface area contributed by atoms with Gasteiger partial charge in [0, 0.05) is 18.3 Å². The van der Waals surface area contributed by atoms with Gasteiger partial charge in [-0.15, -0.1) is 6.42 Å². The molecule has 0 fully saturated rings. The van der Waals surface area contributed by atoms with Crippen LogP contribution in [-0.2, 0) is 6.54 Å². The quantitative estimate of drug-likeness (QED) is 0.753. The number of rotatable bonds is 5. The summed E-state index contributed by atoms with van der Waals surface area (Å²) in [7, 11) is 0. The average Bonchev–Trinajstić information content (AvgIpc) is 2.83. The highest BCUT2D eigenvalue weighted by Gasteiger charge is 2.05. The first-order valence-electron chi connectivity index (χ1n) is 6.09. The summed E-state index contributed by atoms with van der Waals surface area (Å²) in [5.41, 5.74) is 2.47. The number of para-hydroxylation sites is 1. The normalized spacial score (nSPS) is 12.5. The van der Waals surface area contributed by atoms with Crippen molar-refractivity contribution in [2.45, 2.75) is 32.4 Å². The lowest BCUT2D eigenvalue weighted by Crippen LogP contribution is -2.26. The molecule has 17 heavy (non-hydrogen) atoms. The molecule has 0 bridgehead atoms. The van der Waals surface area contributed by atoms with E-state index in [1.807, 2.05) is 6.20 Å². The molecule has 0 saturated heterocycles. The Labute approximate surface area is 102 Å². The third kappa shape index (κ3) is 2.69. The summed E-state index contributed by atoms with van der Waals surface area (Å²) in [4.78, 5) is 3.27. The number of H-pyrrole nitrogens is 1. The van der Waals surface area contributed by atoms with Crippen LogP contribution < -0.4 is 5.32 Å². The van der Waals surface area contributed by atoms with Gasteiger partial charge in [0.15, 0.2) is 0 Å². The van der Waals surface area contributed by atoms with Crippen molar-refractivity contribution in [2.75, 3.05) is 0 Å². The van der Waals surface area contributed by atoms with Gasteiger partial charge in [0.25, 0.3) is 0 Å². The Bertz CT molecular complexity index is 519. The number of aromatic nitrogens is 1. The van der Waals surface area contributed by atoms with E-state index < -0.39 is 0 Å². The minimum atomic E-state index is 0.171. The smallest absolute Gasteiger partial charge is 0.0689 e. The molecule has 0 spiro atoms. The maximum Gasteiger partial charge on any atom is 0.0689 e. The van der Waals surface area contributed by atoms with Crippen molar-refractivity contribution in [1.82, 2.24) is 10.3 Å². The van der Waals surface area contributed by atoms with Crippen molar-refractivity contribution < 1.29 is 0 Å². The minimum Gasteiger partial charge on any atom is -0.361 e. The first kappa shape index (κ1) is 11.8. The zero-order chi connectivity index (χ0) is 12.1. The average molecular weight is 226 g/mol. The second kappa shape index (κ2) is 5.56. The van der Waals surface area contributed by atoms with Gasteiger partial charge in [0.2, 0.25) is 0 Å². The van der Waals surface area contributed by atoms with Gasteiger partial charge in [0.1, 0.15) is 0 Å². The van der Waals surface area contributed by atoms with E-state index in [-0.39, 0.29) is 6.04 Å². The molecule has 88 valence electrons. The van der Waals surface area contributed by atoms with Gasteiger partial charge in [-0.25, -0.2) is 0 Å². The van der Waals surface area contributed by atoms with Crippen LogP contribution >= 0.6 is 0 Å². The fraction of sp³-hybridized carbons (Fsp3) is 0.333. The molecule has 2 nitrogen and oxygen atoms in total. The van der Waals surface area contributed by atoms with Crippen LogP contribution in [0.1, 0.15) is 25.3 Å². The van der Waals surface area contributed by atoms with E-state index >= 15 is 0 Å². The number of hydrogen-bond acceptors (Lipinski definition) is 1. The van der Waals surface area contributed by atoms with Crippen molar-refractivity contribution in [3.63, 3.8) is 0 Å². The van der Waals surface area contributed by atoms with Crippen LogP contribution in [-0.4, -0.2) is 11.0 Å². The van der Waals surface area contributed by atoms with Gasteiger partial charge >= 0.3 is 0 Å². The highest BCUT2D eigenvalue weighted by molar-refractivity contribution is 5.82. The number of fused-ring (bicyclic) bond motifs is 1. The molecule has 0 amide bonds. The standard InChI is InChI=1S/C15H18N2/c1-3-6-14(4-2)17-11-13-8-5-7-12-9-10-16-15(12)13/h2,5,7-10,14,16-17H,3,6,11H2,1H3. The van der Waals surface area contributed by atoms with Crippen LogP contribution in [0.4, 0.5) is 0 Å². The van der Waals surface area contributed by atoms with Crippen LogP contribution in [0.3, 0.4) is 0 Å². The largest absolute Gasteiger partial charge is 0.361 e. The molecule has 0 aliphatic carbocycles. The lowest BCUT2D eigenvalue weighted by molar-refractivity contribution is 0.564. The number of hydrogen-bond donors (Lipinski definition) is 2. The van der Waals surface area contributed by atoms with Crippen LogP contribution in [0, 0.1) is 12.3 Å². The third-order valence-corrected chi connectivity index (χ3v) is 2.99.